The van der Waals surface area contributed by atoms with Crippen molar-refractivity contribution in [2.45, 2.75) is 87.1 Å². The summed E-state index contributed by atoms with van der Waals surface area (Å²) in [4.78, 5) is 18.9. The van der Waals surface area contributed by atoms with Crippen molar-refractivity contribution in [2.24, 2.45) is 11.1 Å². The quantitative estimate of drug-likeness (QED) is 0.542. The molecule has 2 saturated carbocycles. The van der Waals surface area contributed by atoms with Crippen molar-refractivity contribution in [3.63, 3.8) is 0 Å². The van der Waals surface area contributed by atoms with Crippen LogP contribution in [0.3, 0.4) is 0 Å². The fourth-order valence-electron chi connectivity index (χ4n) is 8.16. The van der Waals surface area contributed by atoms with Gasteiger partial charge in [-0.3, -0.25) is 9.69 Å². The molecule has 2 aliphatic carbocycles. The molecule has 2 aromatic carbocycles. The largest absolute Gasteiger partial charge is 0.339 e. The third-order valence-corrected chi connectivity index (χ3v) is 11.3. The summed E-state index contributed by atoms with van der Waals surface area (Å²) >= 11 is 0. The summed E-state index contributed by atoms with van der Waals surface area (Å²) in [6, 6.07) is 11.5. The van der Waals surface area contributed by atoms with Crippen LogP contribution in [0, 0.1) is 25.6 Å². The van der Waals surface area contributed by atoms with Crippen LogP contribution in [0.25, 0.3) is 0 Å². The van der Waals surface area contributed by atoms with Gasteiger partial charge in [-0.15, -0.1) is 0 Å². The Labute approximate surface area is 222 Å². The molecule has 198 valence electrons. The Kier molecular flexibility index (Phi) is 6.32. The summed E-state index contributed by atoms with van der Waals surface area (Å²) in [5.41, 5.74) is 3.60. The molecule has 1 amide bonds. The molecule has 5 nitrogen and oxygen atoms in total. The van der Waals surface area contributed by atoms with Gasteiger partial charge in [-0.25, -0.2) is 13.7 Å². The van der Waals surface area contributed by atoms with E-state index < -0.39 is 11.0 Å². The number of benzene rings is 2. The average Bonchev–Trinajstić information content (AvgIpc) is 3.55. The molecule has 0 aromatic heterocycles. The highest BCUT2D eigenvalue weighted by Crippen LogP contribution is 2.64. The number of aryl methyl sites for hydroxylation is 1. The van der Waals surface area contributed by atoms with Gasteiger partial charge in [0.15, 0.2) is 0 Å². The molecule has 7 heteroatoms. The molecule has 0 bridgehead atoms. The van der Waals surface area contributed by atoms with Crippen LogP contribution < -0.4 is 5.14 Å². The minimum Gasteiger partial charge on any atom is -0.339 e. The normalized spacial score (nSPS) is 30.6. The van der Waals surface area contributed by atoms with E-state index in [-0.39, 0.29) is 17.1 Å². The van der Waals surface area contributed by atoms with Gasteiger partial charge in [0.2, 0.25) is 0 Å². The first kappa shape index (κ1) is 25.2. The summed E-state index contributed by atoms with van der Waals surface area (Å²) in [7, 11) is -1.64. The number of halogens is 1. The molecule has 2 saturated heterocycles. The highest BCUT2D eigenvalue weighted by atomic mass is 32.2. The zero-order valence-electron chi connectivity index (χ0n) is 22.0. The van der Waals surface area contributed by atoms with Crippen molar-refractivity contribution >= 4 is 16.9 Å². The lowest BCUT2D eigenvalue weighted by Crippen LogP contribution is -2.47. The molecule has 2 aliphatic heterocycles. The SMILES string of the molecule is Cc1ccc(S(N)=O)c(C)c1C(=O)N1CCC(CCN2C3CCCC4CCC432)(c2cccc(F)c2)CC1. The molecule has 5 atom stereocenters. The van der Waals surface area contributed by atoms with E-state index in [1.54, 1.807) is 12.1 Å². The van der Waals surface area contributed by atoms with Gasteiger partial charge in [0.05, 0.1) is 4.90 Å². The zero-order valence-corrected chi connectivity index (χ0v) is 22.8. The zero-order chi connectivity index (χ0) is 25.9. The molecule has 5 unspecified atom stereocenters. The number of nitrogens with zero attached hydrogens (tertiary/aromatic N) is 2. The van der Waals surface area contributed by atoms with E-state index in [1.165, 1.54) is 38.2 Å². The maximum Gasteiger partial charge on any atom is 0.254 e. The second kappa shape index (κ2) is 9.28. The second-order valence-corrected chi connectivity index (χ2v) is 12.9. The van der Waals surface area contributed by atoms with Gasteiger partial charge in [0.1, 0.15) is 16.8 Å². The average molecular weight is 524 g/mol. The molecule has 2 N–H and O–H groups in total. The smallest absolute Gasteiger partial charge is 0.254 e. The summed E-state index contributed by atoms with van der Waals surface area (Å²) in [6.07, 6.45) is 9.45. The molecule has 0 radical (unpaired) electrons. The number of hydrogen-bond acceptors (Lipinski definition) is 3. The highest BCUT2D eigenvalue weighted by molar-refractivity contribution is 7.82. The lowest BCUT2D eigenvalue weighted by Gasteiger charge is -2.44. The van der Waals surface area contributed by atoms with Crippen LogP contribution in [0.2, 0.25) is 0 Å². The predicted octanol–water partition coefficient (Wildman–Crippen LogP) is 5.00. The number of piperidine rings is 1. The maximum atomic E-state index is 14.4. The van der Waals surface area contributed by atoms with Gasteiger partial charge in [-0.1, -0.05) is 24.6 Å². The molecular formula is C30H38FN3O2S. The Hall–Kier alpha value is -2.09. The van der Waals surface area contributed by atoms with Crippen LogP contribution in [0.5, 0.6) is 0 Å². The number of amides is 1. The third kappa shape index (κ3) is 4.00. The third-order valence-electron chi connectivity index (χ3n) is 10.4. The molecule has 4 fully saturated rings. The number of likely N-dealkylation sites (tertiary alicyclic amines) is 2. The van der Waals surface area contributed by atoms with Gasteiger partial charge in [-0.05, 0) is 112 Å². The summed E-state index contributed by atoms with van der Waals surface area (Å²) in [5, 5.41) is 5.67. The van der Waals surface area contributed by atoms with Crippen LogP contribution in [0.1, 0.15) is 78.4 Å². The molecule has 6 rings (SSSR count). The van der Waals surface area contributed by atoms with E-state index in [0.29, 0.717) is 34.7 Å². The van der Waals surface area contributed by atoms with E-state index in [1.807, 2.05) is 30.9 Å². The van der Waals surface area contributed by atoms with Crippen molar-refractivity contribution in [1.29, 1.82) is 0 Å². The highest BCUT2D eigenvalue weighted by Gasteiger charge is 2.70. The van der Waals surface area contributed by atoms with Crippen molar-refractivity contribution in [3.8, 4) is 0 Å². The fourth-order valence-corrected chi connectivity index (χ4v) is 8.77. The van der Waals surface area contributed by atoms with Crippen LogP contribution >= 0.6 is 0 Å². The van der Waals surface area contributed by atoms with E-state index in [4.69, 9.17) is 5.14 Å². The Balaban J connectivity index is 1.22. The first-order valence-corrected chi connectivity index (χ1v) is 15.1. The van der Waals surface area contributed by atoms with Crippen LogP contribution in [0.4, 0.5) is 4.39 Å². The van der Waals surface area contributed by atoms with Gasteiger partial charge in [-0.2, -0.15) is 0 Å². The van der Waals surface area contributed by atoms with Crippen molar-refractivity contribution < 1.29 is 13.4 Å². The van der Waals surface area contributed by atoms with Gasteiger partial charge < -0.3 is 4.90 Å². The second-order valence-electron chi connectivity index (χ2n) is 11.9. The molecule has 4 aliphatic rings. The maximum absolute atomic E-state index is 14.4. The topological polar surface area (TPSA) is 66.4 Å². The Morgan fingerprint density at radius 3 is 2.54 bits per heavy atom. The van der Waals surface area contributed by atoms with E-state index in [9.17, 15) is 13.4 Å². The minimum atomic E-state index is -1.64. The van der Waals surface area contributed by atoms with Crippen LogP contribution in [0.15, 0.2) is 41.3 Å². The molecule has 37 heavy (non-hydrogen) atoms. The van der Waals surface area contributed by atoms with Gasteiger partial charge in [0.25, 0.3) is 5.91 Å². The molecular weight excluding hydrogens is 485 g/mol. The predicted molar refractivity (Wildman–Crippen MR) is 144 cm³/mol. The fraction of sp³-hybridized carbons (Fsp3) is 0.567. The van der Waals surface area contributed by atoms with Gasteiger partial charge >= 0.3 is 0 Å². The summed E-state index contributed by atoms with van der Waals surface area (Å²) in [5.74, 6) is 0.676. The number of rotatable bonds is 6. The monoisotopic (exact) mass is 523 g/mol. The number of hydrogen-bond donors (Lipinski definition) is 1. The van der Waals surface area contributed by atoms with Crippen molar-refractivity contribution in [2.75, 3.05) is 19.6 Å². The molecule has 2 aromatic rings. The van der Waals surface area contributed by atoms with E-state index in [2.05, 4.69) is 11.0 Å². The lowest BCUT2D eigenvalue weighted by atomic mass is 9.64. The summed E-state index contributed by atoms with van der Waals surface area (Å²) in [6.45, 7) is 6.07. The van der Waals surface area contributed by atoms with Crippen LogP contribution in [-0.4, -0.2) is 51.1 Å². The standard InChI is InChI=1S/C30H38FN3O2S/c1-20-9-10-25(37(32)36)21(2)27(20)28(35)33-16-13-29(14-17-33,23-6-3-7-24(31)19-23)15-18-34-26-8-4-5-22-11-12-30(22,26)34/h3,6-7,9-10,19,22,26H,4-5,8,11-18,32H2,1-2H3. The van der Waals surface area contributed by atoms with Crippen molar-refractivity contribution in [1.82, 2.24) is 9.80 Å². The first-order chi connectivity index (χ1) is 17.8. The Morgan fingerprint density at radius 2 is 1.89 bits per heavy atom. The van der Waals surface area contributed by atoms with E-state index >= 15 is 0 Å². The Bertz CT molecular complexity index is 1260. The lowest BCUT2D eigenvalue weighted by molar-refractivity contribution is 0.0647. The minimum absolute atomic E-state index is 0.0247. The molecule has 2 heterocycles. The number of carbonyl (C=O) groups excluding carboxylic acids is 1. The number of carbonyl (C=O) groups is 1. The van der Waals surface area contributed by atoms with E-state index in [0.717, 1.165) is 48.9 Å². The summed E-state index contributed by atoms with van der Waals surface area (Å²) < 4.78 is 26.4. The first-order valence-electron chi connectivity index (χ1n) is 13.9. The van der Waals surface area contributed by atoms with Crippen LogP contribution in [-0.2, 0) is 16.4 Å². The molecule has 1 spiro atoms. The van der Waals surface area contributed by atoms with Crippen molar-refractivity contribution in [3.05, 3.63) is 64.5 Å². The Morgan fingerprint density at radius 1 is 1.11 bits per heavy atom. The van der Waals surface area contributed by atoms with Gasteiger partial charge in [0, 0.05) is 30.2 Å². The number of nitrogens with two attached hydrogens (primary N) is 1.